The molecule has 0 radical (unpaired) electrons. The number of halogens is 4. The minimum absolute atomic E-state index is 0.201. The standard InChI is InChI=1S/C26H22F4N4O2S/c27-21(14-31-25(35)33-37-23-12-17-4-1-2-7-22(17)36-23)20-6-3-5-18-13-32-34(24(18)20)15-16-8-10-19(11-9-16)26(28,29)30/h1-2,4,7-13H,3,5-6,14-15H2,(H2,31,33,35)/b21-20-. The van der Waals surface area contributed by atoms with Gasteiger partial charge in [0.05, 0.1) is 30.5 Å². The van der Waals surface area contributed by atoms with Crippen LogP contribution in [-0.4, -0.2) is 22.4 Å². The monoisotopic (exact) mass is 530 g/mol. The Morgan fingerprint density at radius 1 is 1.11 bits per heavy atom. The van der Waals surface area contributed by atoms with E-state index >= 15 is 4.39 Å². The van der Waals surface area contributed by atoms with Gasteiger partial charge in [-0.15, -0.1) is 0 Å². The third-order valence-electron chi connectivity index (χ3n) is 6.07. The van der Waals surface area contributed by atoms with E-state index in [0.29, 0.717) is 33.9 Å². The Morgan fingerprint density at radius 3 is 2.65 bits per heavy atom. The number of furan rings is 1. The number of fused-ring (bicyclic) bond motifs is 2. The van der Waals surface area contributed by atoms with E-state index in [9.17, 15) is 18.0 Å². The molecule has 2 amide bonds. The number of aromatic nitrogens is 2. The summed E-state index contributed by atoms with van der Waals surface area (Å²) in [5.41, 5.74) is 2.51. The highest BCUT2D eigenvalue weighted by Gasteiger charge is 2.30. The van der Waals surface area contributed by atoms with Crippen molar-refractivity contribution in [2.75, 3.05) is 6.54 Å². The van der Waals surface area contributed by atoms with Crippen molar-refractivity contribution in [1.82, 2.24) is 19.8 Å². The molecule has 2 aromatic carbocycles. The van der Waals surface area contributed by atoms with Crippen molar-refractivity contribution < 1.29 is 26.8 Å². The summed E-state index contributed by atoms with van der Waals surface area (Å²) < 4.78 is 63.7. The lowest BCUT2D eigenvalue weighted by Crippen LogP contribution is -2.32. The Morgan fingerprint density at radius 2 is 1.89 bits per heavy atom. The molecule has 2 N–H and O–H groups in total. The molecule has 2 aromatic heterocycles. The maximum absolute atomic E-state index is 15.3. The van der Waals surface area contributed by atoms with Crippen molar-refractivity contribution in [3.8, 4) is 0 Å². The van der Waals surface area contributed by atoms with Crippen LogP contribution in [0.2, 0.25) is 0 Å². The third kappa shape index (κ3) is 5.66. The first kappa shape index (κ1) is 24.9. The molecule has 0 atom stereocenters. The van der Waals surface area contributed by atoms with Crippen molar-refractivity contribution in [3.63, 3.8) is 0 Å². The molecule has 2 heterocycles. The maximum atomic E-state index is 15.3. The molecule has 0 spiro atoms. The van der Waals surface area contributed by atoms with Crippen molar-refractivity contribution in [1.29, 1.82) is 0 Å². The number of rotatable bonds is 6. The Kier molecular flexibility index (Phi) is 6.96. The van der Waals surface area contributed by atoms with Gasteiger partial charge in [-0.1, -0.05) is 30.3 Å². The molecule has 0 saturated carbocycles. The fraction of sp³-hybridized carbons (Fsp3) is 0.231. The van der Waals surface area contributed by atoms with Gasteiger partial charge >= 0.3 is 12.2 Å². The molecule has 11 heteroatoms. The summed E-state index contributed by atoms with van der Waals surface area (Å²) in [6.07, 6.45) is -0.826. The van der Waals surface area contributed by atoms with E-state index in [1.54, 1.807) is 16.9 Å². The molecule has 0 unspecified atom stereocenters. The lowest BCUT2D eigenvalue weighted by atomic mass is 9.92. The van der Waals surface area contributed by atoms with Crippen molar-refractivity contribution >= 4 is 34.5 Å². The first-order valence-electron chi connectivity index (χ1n) is 11.6. The van der Waals surface area contributed by atoms with Gasteiger partial charge in [0, 0.05) is 29.0 Å². The second kappa shape index (κ2) is 10.3. The van der Waals surface area contributed by atoms with Crippen LogP contribution in [0.5, 0.6) is 0 Å². The van der Waals surface area contributed by atoms with E-state index in [2.05, 4.69) is 15.1 Å². The summed E-state index contributed by atoms with van der Waals surface area (Å²) in [4.78, 5) is 12.2. The van der Waals surface area contributed by atoms with Crippen molar-refractivity contribution in [2.45, 2.75) is 37.1 Å². The molecule has 1 aliphatic rings. The number of allylic oxidation sites excluding steroid dienone is 1. The fourth-order valence-electron chi connectivity index (χ4n) is 4.29. The van der Waals surface area contributed by atoms with E-state index in [-0.39, 0.29) is 13.1 Å². The Labute approximate surface area is 213 Å². The summed E-state index contributed by atoms with van der Waals surface area (Å²) in [6.45, 7) is -0.112. The molecule has 1 aliphatic carbocycles. The van der Waals surface area contributed by atoms with Crippen molar-refractivity contribution in [3.05, 3.63) is 89.0 Å². The smallest absolute Gasteiger partial charge is 0.416 e. The predicted molar refractivity (Wildman–Crippen MR) is 132 cm³/mol. The number of nitrogens with one attached hydrogen (secondary N) is 2. The molecular weight excluding hydrogens is 508 g/mol. The average Bonchev–Trinajstić information content (AvgIpc) is 3.49. The van der Waals surface area contributed by atoms with Crippen LogP contribution < -0.4 is 10.0 Å². The van der Waals surface area contributed by atoms with Gasteiger partial charge in [0.1, 0.15) is 11.4 Å². The lowest BCUT2D eigenvalue weighted by Gasteiger charge is -2.19. The van der Waals surface area contributed by atoms with Crippen LogP contribution in [0.4, 0.5) is 22.4 Å². The zero-order chi connectivity index (χ0) is 26.0. The largest absolute Gasteiger partial charge is 0.448 e. The molecule has 4 aromatic rings. The van der Waals surface area contributed by atoms with Gasteiger partial charge in [0.2, 0.25) is 0 Å². The molecule has 192 valence electrons. The zero-order valence-corrected chi connectivity index (χ0v) is 20.3. The summed E-state index contributed by atoms with van der Waals surface area (Å²) in [5, 5.41) is 8.27. The van der Waals surface area contributed by atoms with Crippen LogP contribution in [-0.2, 0) is 19.1 Å². The van der Waals surface area contributed by atoms with Gasteiger partial charge in [-0.05, 0) is 48.6 Å². The zero-order valence-electron chi connectivity index (χ0n) is 19.4. The molecule has 0 saturated heterocycles. The van der Waals surface area contributed by atoms with Gasteiger partial charge in [-0.25, -0.2) is 9.18 Å². The topological polar surface area (TPSA) is 72.1 Å². The summed E-state index contributed by atoms with van der Waals surface area (Å²) in [6, 6.07) is 13.5. The summed E-state index contributed by atoms with van der Waals surface area (Å²) in [7, 11) is 0. The number of aryl methyl sites for hydroxylation is 1. The quantitative estimate of drug-likeness (QED) is 0.214. The lowest BCUT2D eigenvalue weighted by molar-refractivity contribution is -0.137. The minimum atomic E-state index is -4.41. The number of amides is 2. The van der Waals surface area contributed by atoms with Gasteiger partial charge in [-0.3, -0.25) is 9.40 Å². The first-order chi connectivity index (χ1) is 17.8. The fourth-order valence-corrected chi connectivity index (χ4v) is 4.87. The molecule has 0 fully saturated rings. The van der Waals surface area contributed by atoms with Crippen LogP contribution in [0.3, 0.4) is 0 Å². The summed E-state index contributed by atoms with van der Waals surface area (Å²) in [5.74, 6) is -0.487. The van der Waals surface area contributed by atoms with E-state index in [1.165, 1.54) is 12.1 Å². The van der Waals surface area contributed by atoms with Crippen LogP contribution >= 0.6 is 11.9 Å². The van der Waals surface area contributed by atoms with Gasteiger partial charge in [0.25, 0.3) is 0 Å². The minimum Gasteiger partial charge on any atom is -0.448 e. The predicted octanol–water partition coefficient (Wildman–Crippen LogP) is 6.72. The number of nitrogens with zero attached hydrogens (tertiary/aromatic N) is 2. The number of alkyl halides is 3. The highest BCUT2D eigenvalue weighted by molar-refractivity contribution is 7.97. The van der Waals surface area contributed by atoms with Gasteiger partial charge < -0.3 is 9.73 Å². The molecule has 0 bridgehead atoms. The number of hydrogen-bond acceptors (Lipinski definition) is 4. The molecule has 37 heavy (non-hydrogen) atoms. The number of carbonyl (C=O) groups is 1. The highest BCUT2D eigenvalue weighted by Crippen LogP contribution is 2.34. The number of hydrogen-bond donors (Lipinski definition) is 2. The van der Waals surface area contributed by atoms with Crippen LogP contribution in [0.15, 0.2) is 76.1 Å². The second-order valence-corrected chi connectivity index (χ2v) is 9.41. The molecular formula is C26H22F4N4O2S. The number of para-hydroxylation sites is 1. The summed E-state index contributed by atoms with van der Waals surface area (Å²) >= 11 is 0.986. The molecule has 0 aliphatic heterocycles. The van der Waals surface area contributed by atoms with Gasteiger partial charge in [0.15, 0.2) is 5.09 Å². The first-order valence-corrected chi connectivity index (χ1v) is 12.4. The normalized spacial score (nSPS) is 14.9. The van der Waals surface area contributed by atoms with E-state index in [1.807, 2.05) is 24.3 Å². The van der Waals surface area contributed by atoms with Crippen LogP contribution in [0, 0.1) is 0 Å². The molecule has 5 rings (SSSR count). The Bertz CT molecular complexity index is 1420. The third-order valence-corrected chi connectivity index (χ3v) is 6.76. The number of urea groups is 1. The van der Waals surface area contributed by atoms with Crippen molar-refractivity contribution in [2.24, 2.45) is 0 Å². The number of carbonyl (C=O) groups excluding carboxylic acids is 1. The number of benzene rings is 2. The van der Waals surface area contributed by atoms with E-state index < -0.39 is 23.6 Å². The van der Waals surface area contributed by atoms with Crippen LogP contribution in [0.25, 0.3) is 16.5 Å². The highest BCUT2D eigenvalue weighted by atomic mass is 32.2. The SMILES string of the molecule is O=C(NC/C(F)=C1\CCCc2cnn(Cc3ccc(C(F)(F)F)cc3)c21)NSc1cc2ccccc2o1. The second-order valence-electron chi connectivity index (χ2n) is 8.60. The van der Waals surface area contributed by atoms with Crippen LogP contribution in [0.1, 0.15) is 35.2 Å². The molecule has 6 nitrogen and oxygen atoms in total. The van der Waals surface area contributed by atoms with Gasteiger partial charge in [-0.2, -0.15) is 18.3 Å². The Balaban J connectivity index is 1.24. The van der Waals surface area contributed by atoms with E-state index in [0.717, 1.165) is 47.9 Å². The average molecular weight is 531 g/mol. The Hall–Kier alpha value is -3.73. The maximum Gasteiger partial charge on any atom is 0.416 e. The van der Waals surface area contributed by atoms with E-state index in [4.69, 9.17) is 4.42 Å².